The molecule has 0 bridgehead atoms. The van der Waals surface area contributed by atoms with Crippen molar-refractivity contribution in [2.45, 2.75) is 32.9 Å². The van der Waals surface area contributed by atoms with E-state index in [0.717, 1.165) is 17.7 Å². The molecule has 4 heteroatoms. The largest absolute Gasteiger partial charge is 0.383 e. The minimum Gasteiger partial charge on any atom is -0.383 e. The number of aryl methyl sites for hydroxylation is 1. The Bertz CT molecular complexity index is 396. The first-order valence-corrected chi connectivity index (χ1v) is 6.72. The molecule has 0 aliphatic carbocycles. The number of halogens is 1. The number of nitrogens with zero attached hydrogens (tertiary/aromatic N) is 1. The first kappa shape index (κ1) is 16.1. The van der Waals surface area contributed by atoms with Crippen LogP contribution in [-0.4, -0.2) is 37.7 Å². The molecule has 0 saturated heterocycles. The van der Waals surface area contributed by atoms with Crippen LogP contribution < -0.4 is 5.73 Å². The van der Waals surface area contributed by atoms with Crippen molar-refractivity contribution in [3.05, 3.63) is 35.1 Å². The fourth-order valence-electron chi connectivity index (χ4n) is 2.42. The second-order valence-corrected chi connectivity index (χ2v) is 5.08. The monoisotopic (exact) mass is 268 g/mol. The predicted octanol–water partition coefficient (Wildman–Crippen LogP) is 2.49. The average Bonchev–Trinajstić information content (AvgIpc) is 2.35. The molecule has 0 saturated carbocycles. The SMILES string of the molecule is COCCN(C(C)C)C(CN)c1ccc(F)cc1C. The summed E-state index contributed by atoms with van der Waals surface area (Å²) in [5, 5.41) is 0. The van der Waals surface area contributed by atoms with Crippen LogP contribution in [0.1, 0.15) is 31.0 Å². The van der Waals surface area contributed by atoms with Gasteiger partial charge in [0.25, 0.3) is 0 Å². The summed E-state index contributed by atoms with van der Waals surface area (Å²) in [6, 6.07) is 5.35. The van der Waals surface area contributed by atoms with Crippen molar-refractivity contribution in [1.29, 1.82) is 0 Å². The van der Waals surface area contributed by atoms with Gasteiger partial charge in [-0.15, -0.1) is 0 Å². The molecular formula is C15H25FN2O. The Balaban J connectivity index is 3.01. The second kappa shape index (κ2) is 7.58. The Hall–Kier alpha value is -0.970. The number of nitrogens with two attached hydrogens (primary N) is 1. The van der Waals surface area contributed by atoms with E-state index < -0.39 is 0 Å². The summed E-state index contributed by atoms with van der Waals surface area (Å²) in [6.07, 6.45) is 0. The van der Waals surface area contributed by atoms with Crippen LogP contribution in [0.25, 0.3) is 0 Å². The standard InChI is InChI=1S/C15H25FN2O/c1-11(2)18(7-8-19-4)15(10-17)14-6-5-13(16)9-12(14)3/h5-6,9,11,15H,7-8,10,17H2,1-4H3. The fourth-order valence-corrected chi connectivity index (χ4v) is 2.42. The van der Waals surface area contributed by atoms with E-state index in [9.17, 15) is 4.39 Å². The van der Waals surface area contributed by atoms with E-state index in [0.29, 0.717) is 19.2 Å². The maximum absolute atomic E-state index is 13.2. The Morgan fingerprint density at radius 3 is 2.53 bits per heavy atom. The summed E-state index contributed by atoms with van der Waals surface area (Å²) in [5.41, 5.74) is 7.98. The summed E-state index contributed by atoms with van der Waals surface area (Å²) >= 11 is 0. The zero-order chi connectivity index (χ0) is 14.4. The van der Waals surface area contributed by atoms with E-state index in [1.165, 1.54) is 6.07 Å². The molecule has 108 valence electrons. The summed E-state index contributed by atoms with van der Waals surface area (Å²) < 4.78 is 18.4. The van der Waals surface area contributed by atoms with Crippen molar-refractivity contribution in [2.75, 3.05) is 26.8 Å². The van der Waals surface area contributed by atoms with E-state index in [1.54, 1.807) is 13.2 Å². The molecule has 1 aromatic rings. The van der Waals surface area contributed by atoms with E-state index in [-0.39, 0.29) is 11.9 Å². The molecule has 19 heavy (non-hydrogen) atoms. The molecule has 2 N–H and O–H groups in total. The average molecular weight is 268 g/mol. The quantitative estimate of drug-likeness (QED) is 0.825. The topological polar surface area (TPSA) is 38.5 Å². The van der Waals surface area contributed by atoms with Gasteiger partial charge < -0.3 is 10.5 Å². The van der Waals surface area contributed by atoms with Gasteiger partial charge in [0.1, 0.15) is 5.82 Å². The van der Waals surface area contributed by atoms with Gasteiger partial charge >= 0.3 is 0 Å². The third-order valence-electron chi connectivity index (χ3n) is 3.43. The fraction of sp³-hybridized carbons (Fsp3) is 0.600. The highest BCUT2D eigenvalue weighted by Gasteiger charge is 2.22. The first-order valence-electron chi connectivity index (χ1n) is 6.72. The second-order valence-electron chi connectivity index (χ2n) is 5.08. The highest BCUT2D eigenvalue weighted by Crippen LogP contribution is 2.25. The normalized spacial score (nSPS) is 13.3. The van der Waals surface area contributed by atoms with Crippen LogP contribution >= 0.6 is 0 Å². The van der Waals surface area contributed by atoms with Gasteiger partial charge in [0.15, 0.2) is 0 Å². The number of benzene rings is 1. The Morgan fingerprint density at radius 1 is 1.37 bits per heavy atom. The van der Waals surface area contributed by atoms with Crippen molar-refractivity contribution in [1.82, 2.24) is 4.90 Å². The van der Waals surface area contributed by atoms with E-state index in [2.05, 4.69) is 18.7 Å². The van der Waals surface area contributed by atoms with Crippen molar-refractivity contribution in [2.24, 2.45) is 5.73 Å². The zero-order valence-corrected chi connectivity index (χ0v) is 12.3. The molecule has 1 rings (SSSR count). The van der Waals surface area contributed by atoms with E-state index in [1.807, 2.05) is 13.0 Å². The maximum atomic E-state index is 13.2. The number of hydrogen-bond donors (Lipinski definition) is 1. The number of methoxy groups -OCH3 is 1. The van der Waals surface area contributed by atoms with E-state index >= 15 is 0 Å². The molecule has 0 aliphatic heterocycles. The van der Waals surface area contributed by atoms with Crippen LogP contribution in [0.2, 0.25) is 0 Å². The first-order chi connectivity index (χ1) is 9.01. The summed E-state index contributed by atoms with van der Waals surface area (Å²) in [7, 11) is 1.69. The van der Waals surface area contributed by atoms with Gasteiger partial charge in [0, 0.05) is 32.3 Å². The lowest BCUT2D eigenvalue weighted by Gasteiger charge is -2.35. The molecule has 0 amide bonds. The molecule has 3 nitrogen and oxygen atoms in total. The van der Waals surface area contributed by atoms with Crippen LogP contribution in [0, 0.1) is 12.7 Å². The van der Waals surface area contributed by atoms with Crippen molar-refractivity contribution in [3.8, 4) is 0 Å². The Morgan fingerprint density at radius 2 is 2.05 bits per heavy atom. The molecule has 1 atom stereocenters. The van der Waals surface area contributed by atoms with E-state index in [4.69, 9.17) is 10.5 Å². The van der Waals surface area contributed by atoms with Gasteiger partial charge in [-0.25, -0.2) is 4.39 Å². The lowest BCUT2D eigenvalue weighted by atomic mass is 9.98. The van der Waals surface area contributed by atoms with Crippen LogP contribution in [0.15, 0.2) is 18.2 Å². The molecule has 0 aromatic heterocycles. The lowest BCUT2D eigenvalue weighted by molar-refractivity contribution is 0.0977. The molecule has 0 spiro atoms. The Kier molecular flexibility index (Phi) is 6.42. The van der Waals surface area contributed by atoms with Gasteiger partial charge in [-0.3, -0.25) is 4.90 Å². The molecule has 1 aromatic carbocycles. The lowest BCUT2D eigenvalue weighted by Crippen LogP contribution is -2.41. The Labute approximate surface area is 115 Å². The minimum absolute atomic E-state index is 0.0933. The van der Waals surface area contributed by atoms with Crippen LogP contribution in [-0.2, 0) is 4.74 Å². The van der Waals surface area contributed by atoms with Crippen LogP contribution in [0.3, 0.4) is 0 Å². The van der Waals surface area contributed by atoms with Gasteiger partial charge in [-0.2, -0.15) is 0 Å². The highest BCUT2D eigenvalue weighted by atomic mass is 19.1. The molecule has 0 aliphatic rings. The van der Waals surface area contributed by atoms with Gasteiger partial charge in [-0.1, -0.05) is 6.07 Å². The summed E-state index contributed by atoms with van der Waals surface area (Å²) in [4.78, 5) is 2.30. The molecule has 1 unspecified atom stereocenters. The van der Waals surface area contributed by atoms with Crippen molar-refractivity contribution >= 4 is 0 Å². The highest BCUT2D eigenvalue weighted by molar-refractivity contribution is 5.30. The van der Waals surface area contributed by atoms with Crippen LogP contribution in [0.4, 0.5) is 4.39 Å². The predicted molar refractivity (Wildman–Crippen MR) is 76.7 cm³/mol. The molecule has 0 heterocycles. The van der Waals surface area contributed by atoms with Crippen LogP contribution in [0.5, 0.6) is 0 Å². The summed E-state index contributed by atoms with van der Waals surface area (Å²) in [5.74, 6) is -0.204. The zero-order valence-electron chi connectivity index (χ0n) is 12.3. The molecule has 0 radical (unpaired) electrons. The van der Waals surface area contributed by atoms with Gasteiger partial charge in [-0.05, 0) is 44.0 Å². The number of hydrogen-bond acceptors (Lipinski definition) is 3. The van der Waals surface area contributed by atoms with Gasteiger partial charge in [0.05, 0.1) is 6.61 Å². The van der Waals surface area contributed by atoms with Gasteiger partial charge in [0.2, 0.25) is 0 Å². The number of ether oxygens (including phenoxy) is 1. The van der Waals surface area contributed by atoms with Crippen molar-refractivity contribution < 1.29 is 9.13 Å². The van der Waals surface area contributed by atoms with Crippen molar-refractivity contribution in [3.63, 3.8) is 0 Å². The maximum Gasteiger partial charge on any atom is 0.123 e. The third-order valence-corrected chi connectivity index (χ3v) is 3.43. The minimum atomic E-state index is -0.204. The molecule has 0 fully saturated rings. The molecular weight excluding hydrogens is 243 g/mol. The summed E-state index contributed by atoms with van der Waals surface area (Å²) in [6.45, 7) is 8.18. The number of rotatable bonds is 7. The smallest absolute Gasteiger partial charge is 0.123 e. The third kappa shape index (κ3) is 4.27.